The van der Waals surface area contributed by atoms with Crippen LogP contribution in [0, 0.1) is 0 Å². The van der Waals surface area contributed by atoms with E-state index in [4.69, 9.17) is 28.9 Å². The smallest absolute Gasteiger partial charge is 0.254 e. The highest BCUT2D eigenvalue weighted by molar-refractivity contribution is 6.39. The number of nitrogens with two attached hydrogens (primary N) is 1. The first-order valence-electron chi connectivity index (χ1n) is 5.46. The molecule has 0 atom stereocenters. The van der Waals surface area contributed by atoms with Crippen molar-refractivity contribution in [3.8, 4) is 0 Å². The highest BCUT2D eigenvalue weighted by Crippen LogP contribution is 2.29. The number of hydrogen-bond donors (Lipinski definition) is 2. The molecule has 0 aliphatic rings. The molecule has 0 spiro atoms. The van der Waals surface area contributed by atoms with Gasteiger partial charge in [0, 0.05) is 30.9 Å². The molecular weight excluding hydrogens is 287 g/mol. The van der Waals surface area contributed by atoms with Gasteiger partial charge in [0.1, 0.15) is 0 Å². The normalized spacial score (nSPS) is 10.5. The molecule has 1 amide bonds. The molecular formula is C12H12Cl2N4O. The van der Waals surface area contributed by atoms with E-state index in [1.165, 1.54) is 12.1 Å². The monoisotopic (exact) mass is 298 g/mol. The lowest BCUT2D eigenvalue weighted by Crippen LogP contribution is -2.26. The number of nitrogen functional groups attached to an aromatic ring is 1. The summed E-state index contributed by atoms with van der Waals surface area (Å²) in [5.41, 5.74) is 7.22. The van der Waals surface area contributed by atoms with Crippen LogP contribution in [0.5, 0.6) is 0 Å². The van der Waals surface area contributed by atoms with E-state index in [1.54, 1.807) is 24.3 Å². The number of H-pyrrole nitrogens is 1. The molecule has 3 N–H and O–H groups in total. The van der Waals surface area contributed by atoms with Crippen LogP contribution >= 0.6 is 23.2 Å². The predicted octanol–water partition coefficient (Wildman–Crippen LogP) is 2.57. The van der Waals surface area contributed by atoms with Crippen LogP contribution in [0.25, 0.3) is 0 Å². The van der Waals surface area contributed by atoms with Gasteiger partial charge in [-0.1, -0.05) is 23.2 Å². The highest BCUT2D eigenvalue weighted by atomic mass is 35.5. The van der Waals surface area contributed by atoms with Crippen molar-refractivity contribution in [3.63, 3.8) is 0 Å². The summed E-state index contributed by atoms with van der Waals surface area (Å²) in [6.45, 7) is 0.439. The van der Waals surface area contributed by atoms with E-state index in [0.29, 0.717) is 12.1 Å². The van der Waals surface area contributed by atoms with Gasteiger partial charge in [0.25, 0.3) is 5.91 Å². The van der Waals surface area contributed by atoms with Crippen molar-refractivity contribution >= 4 is 34.8 Å². The number of carbonyl (C=O) groups is 1. The first-order chi connectivity index (χ1) is 8.99. The Balaban J connectivity index is 2.19. The number of hydrogen-bond acceptors (Lipinski definition) is 3. The Hall–Kier alpha value is -1.72. The second-order valence-electron chi connectivity index (χ2n) is 4.12. The minimum atomic E-state index is -0.190. The average molecular weight is 299 g/mol. The molecule has 2 aromatic rings. The SMILES string of the molecule is CN(Cc1cn[nH]c1)C(=O)c1cc(Cl)c(N)c(Cl)c1. The molecule has 0 unspecified atom stereocenters. The lowest BCUT2D eigenvalue weighted by molar-refractivity contribution is 0.0785. The Morgan fingerprint density at radius 3 is 2.58 bits per heavy atom. The summed E-state index contributed by atoms with van der Waals surface area (Å²) >= 11 is 11.8. The number of aromatic nitrogens is 2. The molecule has 100 valence electrons. The maximum atomic E-state index is 12.2. The molecule has 19 heavy (non-hydrogen) atoms. The van der Waals surface area contributed by atoms with Gasteiger partial charge in [-0.2, -0.15) is 5.10 Å². The zero-order valence-corrected chi connectivity index (χ0v) is 11.7. The molecule has 0 fully saturated rings. The number of carbonyl (C=O) groups excluding carboxylic acids is 1. The summed E-state index contributed by atoms with van der Waals surface area (Å²) in [6.07, 6.45) is 3.39. The first kappa shape index (κ1) is 13.7. The Kier molecular flexibility index (Phi) is 3.97. The van der Waals surface area contributed by atoms with Crippen molar-refractivity contribution in [2.24, 2.45) is 0 Å². The van der Waals surface area contributed by atoms with Gasteiger partial charge in [-0.3, -0.25) is 9.89 Å². The maximum Gasteiger partial charge on any atom is 0.254 e. The van der Waals surface area contributed by atoms with E-state index in [0.717, 1.165) is 5.56 Å². The Morgan fingerprint density at radius 1 is 1.42 bits per heavy atom. The first-order valence-corrected chi connectivity index (χ1v) is 6.22. The number of rotatable bonds is 3. The molecule has 0 aliphatic carbocycles. The van der Waals surface area contributed by atoms with Crippen LogP contribution in [0.3, 0.4) is 0 Å². The van der Waals surface area contributed by atoms with Gasteiger partial charge in [-0.15, -0.1) is 0 Å². The molecule has 7 heteroatoms. The summed E-state index contributed by atoms with van der Waals surface area (Å²) < 4.78 is 0. The molecule has 0 saturated carbocycles. The van der Waals surface area contributed by atoms with Crippen molar-refractivity contribution in [3.05, 3.63) is 45.7 Å². The van der Waals surface area contributed by atoms with E-state index >= 15 is 0 Å². The fourth-order valence-corrected chi connectivity index (χ4v) is 2.12. The van der Waals surface area contributed by atoms with Crippen LogP contribution in [-0.2, 0) is 6.54 Å². The van der Waals surface area contributed by atoms with E-state index < -0.39 is 0 Å². The summed E-state index contributed by atoms with van der Waals surface area (Å²) in [7, 11) is 1.69. The second-order valence-corrected chi connectivity index (χ2v) is 4.94. The topological polar surface area (TPSA) is 75.0 Å². The number of anilines is 1. The second kappa shape index (κ2) is 5.50. The van der Waals surface area contributed by atoms with Gasteiger partial charge in [0.15, 0.2) is 0 Å². The van der Waals surface area contributed by atoms with E-state index in [2.05, 4.69) is 10.2 Å². The molecule has 0 saturated heterocycles. The Labute approximate surface area is 120 Å². The van der Waals surface area contributed by atoms with Crippen LogP contribution in [-0.4, -0.2) is 28.1 Å². The molecule has 1 aromatic heterocycles. The molecule has 0 bridgehead atoms. The lowest BCUT2D eigenvalue weighted by atomic mass is 10.1. The Bertz CT molecular complexity index is 575. The van der Waals surface area contributed by atoms with Gasteiger partial charge >= 0.3 is 0 Å². The average Bonchev–Trinajstić information content (AvgIpc) is 2.87. The number of amides is 1. The molecule has 1 heterocycles. The predicted molar refractivity (Wildman–Crippen MR) is 75.3 cm³/mol. The van der Waals surface area contributed by atoms with Gasteiger partial charge in [-0.25, -0.2) is 0 Å². The number of nitrogens with zero attached hydrogens (tertiary/aromatic N) is 2. The molecule has 5 nitrogen and oxygen atoms in total. The van der Waals surface area contributed by atoms with Crippen molar-refractivity contribution in [1.29, 1.82) is 0 Å². The van der Waals surface area contributed by atoms with E-state index in [-0.39, 0.29) is 21.6 Å². The third-order valence-electron chi connectivity index (χ3n) is 2.65. The molecule has 1 aromatic carbocycles. The quantitative estimate of drug-likeness (QED) is 0.855. The summed E-state index contributed by atoms with van der Waals surface area (Å²) in [5.74, 6) is -0.190. The number of nitrogens with one attached hydrogen (secondary N) is 1. The fraction of sp³-hybridized carbons (Fsp3) is 0.167. The van der Waals surface area contributed by atoms with Crippen molar-refractivity contribution in [2.75, 3.05) is 12.8 Å². The van der Waals surface area contributed by atoms with Crippen molar-refractivity contribution in [2.45, 2.75) is 6.54 Å². The van der Waals surface area contributed by atoms with Gasteiger partial charge in [0.05, 0.1) is 21.9 Å². The molecule has 2 rings (SSSR count). The van der Waals surface area contributed by atoms with E-state index in [1.807, 2.05) is 0 Å². The Morgan fingerprint density at radius 2 is 2.05 bits per heavy atom. The summed E-state index contributed by atoms with van der Waals surface area (Å²) in [6, 6.07) is 3.02. The minimum Gasteiger partial charge on any atom is -0.396 e. The van der Waals surface area contributed by atoms with E-state index in [9.17, 15) is 4.79 Å². The summed E-state index contributed by atoms with van der Waals surface area (Å²) in [4.78, 5) is 13.8. The lowest BCUT2D eigenvalue weighted by Gasteiger charge is -2.17. The van der Waals surface area contributed by atoms with Crippen molar-refractivity contribution in [1.82, 2.24) is 15.1 Å². The van der Waals surface area contributed by atoms with Gasteiger partial charge < -0.3 is 10.6 Å². The van der Waals surface area contributed by atoms with Crippen molar-refractivity contribution < 1.29 is 4.79 Å². The standard InChI is InChI=1S/C12H12Cl2N4O/c1-18(6-7-4-16-17-5-7)12(19)8-2-9(13)11(15)10(14)3-8/h2-5H,6,15H2,1H3,(H,16,17). The van der Waals surface area contributed by atoms with Crippen LogP contribution < -0.4 is 5.73 Å². The number of halogens is 2. The summed E-state index contributed by atoms with van der Waals surface area (Å²) in [5, 5.41) is 7.06. The largest absolute Gasteiger partial charge is 0.396 e. The van der Waals surface area contributed by atoms with Crippen LogP contribution in [0.2, 0.25) is 10.0 Å². The van der Waals surface area contributed by atoms with Crippen LogP contribution in [0.4, 0.5) is 5.69 Å². The van der Waals surface area contributed by atoms with Gasteiger partial charge in [0.2, 0.25) is 0 Å². The molecule has 0 aliphatic heterocycles. The third kappa shape index (κ3) is 3.00. The van der Waals surface area contributed by atoms with Crippen LogP contribution in [0.1, 0.15) is 15.9 Å². The van der Waals surface area contributed by atoms with Gasteiger partial charge in [-0.05, 0) is 12.1 Å². The third-order valence-corrected chi connectivity index (χ3v) is 3.27. The highest BCUT2D eigenvalue weighted by Gasteiger charge is 2.15. The maximum absolute atomic E-state index is 12.2. The van der Waals surface area contributed by atoms with Crippen LogP contribution in [0.15, 0.2) is 24.5 Å². The number of aromatic amines is 1. The zero-order chi connectivity index (χ0) is 14.0. The number of benzene rings is 1. The molecule has 0 radical (unpaired) electrons. The zero-order valence-electron chi connectivity index (χ0n) is 10.2. The fourth-order valence-electron chi connectivity index (χ4n) is 1.64. The minimum absolute atomic E-state index is 0.190.